The normalized spacial score (nSPS) is 11.0. The Morgan fingerprint density at radius 3 is 2.35 bits per heavy atom. The summed E-state index contributed by atoms with van der Waals surface area (Å²) in [5.41, 5.74) is 0.808. The van der Waals surface area contributed by atoms with Crippen LogP contribution in [0.3, 0.4) is 0 Å². The van der Waals surface area contributed by atoms with Gasteiger partial charge in [-0.1, -0.05) is 30.3 Å². The van der Waals surface area contributed by atoms with Crippen LogP contribution in [0.2, 0.25) is 0 Å². The molecule has 0 aliphatic heterocycles. The van der Waals surface area contributed by atoms with Gasteiger partial charge in [0.15, 0.2) is 0 Å². The second-order valence-electron chi connectivity index (χ2n) is 7.62. The second kappa shape index (κ2) is 8.71. The van der Waals surface area contributed by atoms with E-state index < -0.39 is 17.2 Å². The van der Waals surface area contributed by atoms with Gasteiger partial charge in [-0.25, -0.2) is 9.59 Å². The average Bonchev–Trinajstić information content (AvgIpc) is 2.83. The first-order valence-electron chi connectivity index (χ1n) is 10.4. The summed E-state index contributed by atoms with van der Waals surface area (Å²) >= 11 is 0. The number of rotatable bonds is 5. The molecule has 0 aliphatic carbocycles. The first kappa shape index (κ1) is 21.2. The van der Waals surface area contributed by atoms with Gasteiger partial charge in [-0.3, -0.25) is 4.79 Å². The molecular formula is C27H18O7. The molecule has 5 aromatic rings. The standard InChI is InChI=1S/C27H18O7/c1-31-18-8-6-16(7-9-18)12-25(28)32-19-10-11-20-21(15-26(29)33-24(20)14-19)22-13-17-4-2-3-5-23(17)34-27(22)30/h2-11,13-15H,12H2,1H3. The van der Waals surface area contributed by atoms with Crippen LogP contribution in [0.4, 0.5) is 0 Å². The van der Waals surface area contributed by atoms with Crippen molar-refractivity contribution in [3.8, 4) is 22.6 Å². The Hall–Kier alpha value is -4.65. The molecule has 0 bridgehead atoms. The zero-order valence-electron chi connectivity index (χ0n) is 18.1. The molecule has 0 amide bonds. The second-order valence-corrected chi connectivity index (χ2v) is 7.62. The van der Waals surface area contributed by atoms with Gasteiger partial charge in [-0.15, -0.1) is 0 Å². The minimum Gasteiger partial charge on any atom is -0.497 e. The van der Waals surface area contributed by atoms with Crippen molar-refractivity contribution in [1.82, 2.24) is 0 Å². The number of para-hydroxylation sites is 1. The maximum Gasteiger partial charge on any atom is 0.344 e. The Morgan fingerprint density at radius 1 is 0.794 bits per heavy atom. The number of esters is 1. The zero-order chi connectivity index (χ0) is 23.7. The number of hydrogen-bond acceptors (Lipinski definition) is 7. The Balaban J connectivity index is 1.48. The van der Waals surface area contributed by atoms with Crippen LogP contribution in [-0.2, 0) is 11.2 Å². The van der Waals surface area contributed by atoms with Crippen LogP contribution in [0.15, 0.2) is 97.3 Å². The fourth-order valence-electron chi connectivity index (χ4n) is 3.76. The topological polar surface area (TPSA) is 96.0 Å². The number of carbonyl (C=O) groups excluding carboxylic acids is 1. The Morgan fingerprint density at radius 2 is 1.56 bits per heavy atom. The van der Waals surface area contributed by atoms with Crippen molar-refractivity contribution in [2.75, 3.05) is 7.11 Å². The molecule has 0 atom stereocenters. The Labute approximate surface area is 192 Å². The minimum absolute atomic E-state index is 0.0597. The smallest absolute Gasteiger partial charge is 0.344 e. The van der Waals surface area contributed by atoms with E-state index >= 15 is 0 Å². The predicted molar refractivity (Wildman–Crippen MR) is 126 cm³/mol. The molecule has 0 spiro atoms. The molecule has 0 saturated carbocycles. The van der Waals surface area contributed by atoms with Gasteiger partial charge in [0.25, 0.3) is 0 Å². The summed E-state index contributed by atoms with van der Waals surface area (Å²) in [7, 11) is 1.57. The van der Waals surface area contributed by atoms with Crippen molar-refractivity contribution < 1.29 is 23.1 Å². The van der Waals surface area contributed by atoms with Gasteiger partial charge in [0.2, 0.25) is 0 Å². The van der Waals surface area contributed by atoms with Gasteiger partial charge in [0.05, 0.1) is 19.1 Å². The van der Waals surface area contributed by atoms with E-state index in [4.69, 9.17) is 18.3 Å². The maximum absolute atomic E-state index is 12.6. The van der Waals surface area contributed by atoms with E-state index in [0.29, 0.717) is 22.3 Å². The lowest BCUT2D eigenvalue weighted by Gasteiger charge is -2.08. The van der Waals surface area contributed by atoms with E-state index in [1.54, 1.807) is 61.7 Å². The highest BCUT2D eigenvalue weighted by Gasteiger charge is 2.15. The van der Waals surface area contributed by atoms with Crippen LogP contribution >= 0.6 is 0 Å². The van der Waals surface area contributed by atoms with E-state index in [9.17, 15) is 14.4 Å². The summed E-state index contributed by atoms with van der Waals surface area (Å²) in [6, 6.07) is 21.8. The lowest BCUT2D eigenvalue weighted by Crippen LogP contribution is -2.11. The van der Waals surface area contributed by atoms with E-state index in [1.807, 2.05) is 12.1 Å². The first-order valence-corrected chi connectivity index (χ1v) is 10.4. The molecule has 7 nitrogen and oxygen atoms in total. The van der Waals surface area contributed by atoms with Crippen molar-refractivity contribution in [2.24, 2.45) is 0 Å². The summed E-state index contributed by atoms with van der Waals surface area (Å²) < 4.78 is 21.3. The van der Waals surface area contributed by atoms with Crippen molar-refractivity contribution in [3.05, 3.63) is 105 Å². The van der Waals surface area contributed by atoms with Gasteiger partial charge >= 0.3 is 17.2 Å². The lowest BCUT2D eigenvalue weighted by atomic mass is 10.0. The monoisotopic (exact) mass is 454 g/mol. The average molecular weight is 454 g/mol. The third-order valence-corrected chi connectivity index (χ3v) is 5.39. The quantitative estimate of drug-likeness (QED) is 0.215. The lowest BCUT2D eigenvalue weighted by molar-refractivity contribution is -0.133. The number of benzene rings is 3. The van der Waals surface area contributed by atoms with Gasteiger partial charge in [-0.2, -0.15) is 0 Å². The van der Waals surface area contributed by atoms with Crippen LogP contribution in [-0.4, -0.2) is 13.1 Å². The highest BCUT2D eigenvalue weighted by molar-refractivity contribution is 5.95. The molecule has 0 unspecified atom stereocenters. The molecule has 0 aliphatic rings. The first-order chi connectivity index (χ1) is 16.5. The molecule has 0 fully saturated rings. The summed E-state index contributed by atoms with van der Waals surface area (Å²) in [4.78, 5) is 37.3. The van der Waals surface area contributed by atoms with Gasteiger partial charge in [0.1, 0.15) is 22.7 Å². The van der Waals surface area contributed by atoms with E-state index in [2.05, 4.69) is 0 Å². The summed E-state index contributed by atoms with van der Waals surface area (Å²) in [5, 5.41) is 1.24. The largest absolute Gasteiger partial charge is 0.497 e. The van der Waals surface area contributed by atoms with E-state index in [-0.39, 0.29) is 23.3 Å². The van der Waals surface area contributed by atoms with Crippen molar-refractivity contribution in [2.45, 2.75) is 6.42 Å². The van der Waals surface area contributed by atoms with E-state index in [0.717, 1.165) is 10.9 Å². The highest BCUT2D eigenvalue weighted by atomic mass is 16.5. The van der Waals surface area contributed by atoms with Crippen molar-refractivity contribution >= 4 is 27.9 Å². The molecule has 7 heteroatoms. The number of carbonyl (C=O) groups is 1. The molecular weight excluding hydrogens is 436 g/mol. The van der Waals surface area contributed by atoms with Crippen molar-refractivity contribution in [3.63, 3.8) is 0 Å². The summed E-state index contributed by atoms with van der Waals surface area (Å²) in [6.07, 6.45) is 0.0597. The summed E-state index contributed by atoms with van der Waals surface area (Å²) in [6.45, 7) is 0. The van der Waals surface area contributed by atoms with Gasteiger partial charge < -0.3 is 18.3 Å². The number of ether oxygens (including phenoxy) is 2. The van der Waals surface area contributed by atoms with E-state index in [1.165, 1.54) is 12.1 Å². The zero-order valence-corrected chi connectivity index (χ0v) is 18.1. The third kappa shape index (κ3) is 4.19. The Kier molecular flexibility index (Phi) is 5.43. The van der Waals surface area contributed by atoms with Crippen LogP contribution in [0.5, 0.6) is 11.5 Å². The highest BCUT2D eigenvalue weighted by Crippen LogP contribution is 2.30. The molecule has 2 aromatic heterocycles. The summed E-state index contributed by atoms with van der Waals surface area (Å²) in [5.74, 6) is 0.438. The van der Waals surface area contributed by atoms with Crippen molar-refractivity contribution in [1.29, 1.82) is 0 Å². The fraction of sp³-hybridized carbons (Fsp3) is 0.0741. The number of fused-ring (bicyclic) bond motifs is 2. The molecule has 0 radical (unpaired) electrons. The third-order valence-electron chi connectivity index (χ3n) is 5.39. The molecule has 2 heterocycles. The van der Waals surface area contributed by atoms with Crippen LogP contribution in [0.25, 0.3) is 33.1 Å². The molecule has 0 saturated heterocycles. The Bertz CT molecular complexity index is 1640. The number of hydrogen-bond donors (Lipinski definition) is 0. The molecule has 5 rings (SSSR count). The molecule has 34 heavy (non-hydrogen) atoms. The molecule has 0 N–H and O–H groups in total. The van der Waals surface area contributed by atoms with Crippen LogP contribution in [0, 0.1) is 0 Å². The fourth-order valence-corrected chi connectivity index (χ4v) is 3.76. The van der Waals surface area contributed by atoms with Gasteiger partial charge in [-0.05, 0) is 42.0 Å². The SMILES string of the molecule is COc1ccc(CC(=O)Oc2ccc3c(-c4cc5ccccc5oc4=O)cc(=O)oc3c2)cc1. The minimum atomic E-state index is -0.642. The predicted octanol–water partition coefficient (Wildman–Crippen LogP) is 4.72. The maximum atomic E-state index is 12.6. The van der Waals surface area contributed by atoms with Crippen LogP contribution < -0.4 is 20.7 Å². The number of methoxy groups -OCH3 is 1. The van der Waals surface area contributed by atoms with Gasteiger partial charge in [0, 0.05) is 28.5 Å². The molecule has 168 valence electrons. The van der Waals surface area contributed by atoms with Crippen LogP contribution in [0.1, 0.15) is 5.56 Å². The molecule has 3 aromatic carbocycles.